The Morgan fingerprint density at radius 3 is 1.56 bits per heavy atom. The zero-order valence-electron chi connectivity index (χ0n) is 20.6. The van der Waals surface area contributed by atoms with Crippen LogP contribution in [0.5, 0.6) is 11.5 Å². The van der Waals surface area contributed by atoms with Crippen LogP contribution in [-0.2, 0) is 9.59 Å². The molecule has 0 aliphatic rings. The van der Waals surface area contributed by atoms with Crippen LogP contribution >= 0.6 is 31.9 Å². The van der Waals surface area contributed by atoms with Gasteiger partial charge in [0.05, 0.1) is 25.6 Å². The van der Waals surface area contributed by atoms with Crippen LogP contribution in [0, 0.1) is 0 Å². The average molecular weight is 624 g/mol. The van der Waals surface area contributed by atoms with Crippen molar-refractivity contribution < 1.29 is 19.1 Å². The van der Waals surface area contributed by atoms with Gasteiger partial charge < -0.3 is 9.47 Å². The van der Waals surface area contributed by atoms with E-state index in [0.717, 1.165) is 45.8 Å². The minimum absolute atomic E-state index is 0.148. The van der Waals surface area contributed by atoms with E-state index in [-0.39, 0.29) is 11.8 Å². The maximum Gasteiger partial charge on any atom is 0.240 e. The average Bonchev–Trinajstić information content (AvgIpc) is 2.84. The Balaban J connectivity index is 1.61. The van der Waals surface area contributed by atoms with Crippen molar-refractivity contribution in [2.45, 2.75) is 52.4 Å². The zero-order valence-corrected chi connectivity index (χ0v) is 23.7. The molecule has 0 saturated heterocycles. The number of halogens is 2. The highest BCUT2D eigenvalue weighted by Crippen LogP contribution is 2.22. The Hall–Kier alpha value is -2.72. The summed E-state index contributed by atoms with van der Waals surface area (Å²) in [6.45, 7) is 4.92. The Bertz CT molecular complexity index is 977. The number of unbranched alkanes of at least 4 members (excludes halogenated alkanes) is 3. The molecule has 10 heteroatoms. The van der Waals surface area contributed by atoms with Crippen LogP contribution in [0.2, 0.25) is 0 Å². The summed E-state index contributed by atoms with van der Waals surface area (Å²) in [4.78, 5) is 24.0. The number of ether oxygens (including phenoxy) is 2. The Labute approximate surface area is 229 Å². The molecule has 2 rings (SSSR count). The standard InChI is InChI=1S/C26H32Br2N4O4/c1-3-35-23-13-11-21(27)15-19(23)17-29-31-25(33)9-7-5-6-8-10-26(34)32-30-18-20-16-22(28)12-14-24(20)36-4-2/h11-18H,3-10H2,1-2H3,(H,31,33)(H,32,34). The Kier molecular flexibility index (Phi) is 13.8. The molecule has 0 heterocycles. The van der Waals surface area contributed by atoms with Crippen molar-refractivity contribution in [2.75, 3.05) is 13.2 Å². The first-order valence-electron chi connectivity index (χ1n) is 11.9. The fourth-order valence-electron chi connectivity index (χ4n) is 3.20. The van der Waals surface area contributed by atoms with Gasteiger partial charge in [-0.25, -0.2) is 10.9 Å². The van der Waals surface area contributed by atoms with Crippen molar-refractivity contribution in [2.24, 2.45) is 10.2 Å². The van der Waals surface area contributed by atoms with E-state index < -0.39 is 0 Å². The van der Waals surface area contributed by atoms with Crippen LogP contribution < -0.4 is 20.3 Å². The van der Waals surface area contributed by atoms with E-state index in [9.17, 15) is 9.59 Å². The van der Waals surface area contributed by atoms with E-state index >= 15 is 0 Å². The van der Waals surface area contributed by atoms with Gasteiger partial charge in [0.15, 0.2) is 0 Å². The van der Waals surface area contributed by atoms with E-state index in [2.05, 4.69) is 52.9 Å². The number of nitrogens with zero attached hydrogens (tertiary/aromatic N) is 2. The fraction of sp³-hybridized carbons (Fsp3) is 0.385. The summed E-state index contributed by atoms with van der Waals surface area (Å²) in [5.41, 5.74) is 6.65. The highest BCUT2D eigenvalue weighted by molar-refractivity contribution is 9.10. The first-order valence-corrected chi connectivity index (χ1v) is 13.5. The lowest BCUT2D eigenvalue weighted by Gasteiger charge is -2.07. The lowest BCUT2D eigenvalue weighted by Crippen LogP contribution is -2.17. The van der Waals surface area contributed by atoms with E-state index in [0.29, 0.717) is 37.6 Å². The van der Waals surface area contributed by atoms with Crippen molar-refractivity contribution in [3.8, 4) is 11.5 Å². The highest BCUT2D eigenvalue weighted by Gasteiger charge is 2.05. The molecule has 0 radical (unpaired) electrons. The predicted molar refractivity (Wildman–Crippen MR) is 150 cm³/mol. The molecule has 2 N–H and O–H groups in total. The van der Waals surface area contributed by atoms with Gasteiger partial charge in [-0.1, -0.05) is 44.7 Å². The first kappa shape index (κ1) is 29.5. The van der Waals surface area contributed by atoms with Gasteiger partial charge in [0.2, 0.25) is 11.8 Å². The molecule has 0 unspecified atom stereocenters. The first-order chi connectivity index (χ1) is 17.4. The molecule has 2 amide bonds. The molecule has 0 aromatic heterocycles. The molecular weight excluding hydrogens is 592 g/mol. The van der Waals surface area contributed by atoms with Crippen LogP contribution in [-0.4, -0.2) is 37.5 Å². The summed E-state index contributed by atoms with van der Waals surface area (Å²) >= 11 is 6.84. The van der Waals surface area contributed by atoms with Crippen LogP contribution in [0.25, 0.3) is 0 Å². The second-order valence-corrected chi connectivity index (χ2v) is 9.56. The van der Waals surface area contributed by atoms with Gasteiger partial charge in [0.1, 0.15) is 11.5 Å². The van der Waals surface area contributed by atoms with Crippen molar-refractivity contribution in [1.82, 2.24) is 10.9 Å². The molecule has 0 saturated carbocycles. The Morgan fingerprint density at radius 1 is 0.750 bits per heavy atom. The molecule has 0 aliphatic carbocycles. The summed E-state index contributed by atoms with van der Waals surface area (Å²) in [5, 5.41) is 8.07. The third-order valence-corrected chi connectivity index (χ3v) is 5.87. The number of nitrogens with one attached hydrogen (secondary N) is 2. The van der Waals surface area contributed by atoms with Gasteiger partial charge in [-0.15, -0.1) is 0 Å². The summed E-state index contributed by atoms with van der Waals surface area (Å²) < 4.78 is 12.9. The number of benzene rings is 2. The molecule has 2 aromatic rings. The molecule has 2 aromatic carbocycles. The number of carbonyl (C=O) groups is 2. The third-order valence-electron chi connectivity index (χ3n) is 4.89. The number of rotatable bonds is 15. The topological polar surface area (TPSA) is 101 Å². The molecule has 0 spiro atoms. The number of hydrazone groups is 2. The minimum Gasteiger partial charge on any atom is -0.493 e. The number of hydrogen-bond donors (Lipinski definition) is 2. The number of carbonyl (C=O) groups excluding carboxylic acids is 2. The van der Waals surface area contributed by atoms with Crippen molar-refractivity contribution >= 4 is 56.1 Å². The Morgan fingerprint density at radius 2 is 1.17 bits per heavy atom. The lowest BCUT2D eigenvalue weighted by atomic mass is 10.1. The predicted octanol–water partition coefficient (Wildman–Crippen LogP) is 5.95. The van der Waals surface area contributed by atoms with Crippen LogP contribution in [0.15, 0.2) is 55.5 Å². The molecule has 194 valence electrons. The van der Waals surface area contributed by atoms with E-state index in [1.807, 2.05) is 50.2 Å². The maximum absolute atomic E-state index is 12.0. The maximum atomic E-state index is 12.0. The molecular formula is C26H32Br2N4O4. The normalized spacial score (nSPS) is 11.1. The van der Waals surface area contributed by atoms with Gasteiger partial charge in [0.25, 0.3) is 0 Å². The largest absolute Gasteiger partial charge is 0.493 e. The van der Waals surface area contributed by atoms with E-state index in [1.54, 1.807) is 12.4 Å². The van der Waals surface area contributed by atoms with E-state index in [1.165, 1.54) is 0 Å². The van der Waals surface area contributed by atoms with Gasteiger partial charge in [0, 0.05) is 32.9 Å². The molecule has 0 atom stereocenters. The van der Waals surface area contributed by atoms with E-state index in [4.69, 9.17) is 9.47 Å². The lowest BCUT2D eigenvalue weighted by molar-refractivity contribution is -0.122. The van der Waals surface area contributed by atoms with Crippen LogP contribution in [0.4, 0.5) is 0 Å². The van der Waals surface area contributed by atoms with Gasteiger partial charge in [-0.05, 0) is 63.1 Å². The zero-order chi connectivity index (χ0) is 26.2. The van der Waals surface area contributed by atoms with Gasteiger partial charge in [-0.2, -0.15) is 10.2 Å². The summed E-state index contributed by atoms with van der Waals surface area (Å²) in [7, 11) is 0. The minimum atomic E-state index is -0.148. The van der Waals surface area contributed by atoms with Crippen LogP contribution in [0.3, 0.4) is 0 Å². The fourth-order valence-corrected chi connectivity index (χ4v) is 3.96. The van der Waals surface area contributed by atoms with Crippen molar-refractivity contribution in [3.63, 3.8) is 0 Å². The van der Waals surface area contributed by atoms with Crippen LogP contribution in [0.1, 0.15) is 63.5 Å². The SMILES string of the molecule is CCOc1ccc(Br)cc1C=NNC(=O)CCCCCCC(=O)NN=Cc1cc(Br)ccc1OCC. The number of amides is 2. The molecule has 0 fully saturated rings. The second kappa shape index (κ2) is 16.9. The van der Waals surface area contributed by atoms with Crippen molar-refractivity contribution in [1.29, 1.82) is 0 Å². The van der Waals surface area contributed by atoms with Gasteiger partial charge in [-0.3, -0.25) is 9.59 Å². The third kappa shape index (κ3) is 11.3. The summed E-state index contributed by atoms with van der Waals surface area (Å²) in [6, 6.07) is 11.2. The smallest absolute Gasteiger partial charge is 0.240 e. The summed E-state index contributed by atoms with van der Waals surface area (Å²) in [6.07, 6.45) is 7.05. The quantitative estimate of drug-likeness (QED) is 0.145. The second-order valence-electron chi connectivity index (χ2n) is 7.73. The van der Waals surface area contributed by atoms with Crippen molar-refractivity contribution in [3.05, 3.63) is 56.5 Å². The summed E-state index contributed by atoms with van der Waals surface area (Å²) in [5.74, 6) is 1.11. The number of hydrogen-bond acceptors (Lipinski definition) is 6. The molecule has 36 heavy (non-hydrogen) atoms. The monoisotopic (exact) mass is 622 g/mol. The molecule has 0 aliphatic heterocycles. The molecule has 0 bridgehead atoms. The van der Waals surface area contributed by atoms with Gasteiger partial charge >= 0.3 is 0 Å². The molecule has 8 nitrogen and oxygen atoms in total. The highest BCUT2D eigenvalue weighted by atomic mass is 79.9.